The molecule has 0 aliphatic heterocycles. The van der Waals surface area contributed by atoms with E-state index in [0.29, 0.717) is 16.6 Å². The SMILES string of the molecule is Cc1cn(-c2cc(Cl)ccc2[N+](=O)[O-])c(C2CCCCC2)n1. The predicted molar refractivity (Wildman–Crippen MR) is 85.8 cm³/mol. The van der Waals surface area contributed by atoms with Crippen LogP contribution in [-0.2, 0) is 0 Å². The molecule has 1 fully saturated rings. The average Bonchev–Trinajstić information content (AvgIpc) is 2.89. The fraction of sp³-hybridized carbons (Fsp3) is 0.438. The summed E-state index contributed by atoms with van der Waals surface area (Å²) in [6.45, 7) is 1.92. The second-order valence-corrected chi connectivity index (χ2v) is 6.27. The Bertz CT molecular complexity index is 705. The Labute approximate surface area is 134 Å². The molecule has 1 aromatic carbocycles. The van der Waals surface area contributed by atoms with Crippen LogP contribution < -0.4 is 0 Å². The lowest BCUT2D eigenvalue weighted by atomic mass is 9.88. The van der Waals surface area contributed by atoms with Gasteiger partial charge in [-0.15, -0.1) is 0 Å². The van der Waals surface area contributed by atoms with Crippen LogP contribution in [0.1, 0.15) is 49.5 Å². The highest BCUT2D eigenvalue weighted by molar-refractivity contribution is 6.30. The minimum atomic E-state index is -0.369. The van der Waals surface area contributed by atoms with Crippen LogP contribution in [0.3, 0.4) is 0 Å². The number of hydrogen-bond acceptors (Lipinski definition) is 3. The van der Waals surface area contributed by atoms with E-state index in [1.165, 1.54) is 25.3 Å². The number of aromatic nitrogens is 2. The highest BCUT2D eigenvalue weighted by atomic mass is 35.5. The van der Waals surface area contributed by atoms with Crippen molar-refractivity contribution in [2.45, 2.75) is 44.9 Å². The van der Waals surface area contributed by atoms with Crippen molar-refractivity contribution in [3.63, 3.8) is 0 Å². The van der Waals surface area contributed by atoms with E-state index in [9.17, 15) is 10.1 Å². The van der Waals surface area contributed by atoms with Crippen LogP contribution in [0, 0.1) is 17.0 Å². The number of hydrogen-bond donors (Lipinski definition) is 0. The number of nitrogens with zero attached hydrogens (tertiary/aromatic N) is 3. The molecule has 0 saturated heterocycles. The van der Waals surface area contributed by atoms with Gasteiger partial charge in [0.15, 0.2) is 0 Å². The third kappa shape index (κ3) is 2.86. The van der Waals surface area contributed by atoms with Crippen molar-refractivity contribution in [2.75, 3.05) is 0 Å². The molecule has 1 heterocycles. The predicted octanol–water partition coefficient (Wildman–Crippen LogP) is 4.79. The molecular formula is C16H18ClN3O2. The second kappa shape index (κ2) is 6.08. The van der Waals surface area contributed by atoms with Crippen LogP contribution in [0.2, 0.25) is 5.02 Å². The van der Waals surface area contributed by atoms with Gasteiger partial charge in [0.05, 0.1) is 10.6 Å². The van der Waals surface area contributed by atoms with Gasteiger partial charge in [-0.3, -0.25) is 14.7 Å². The van der Waals surface area contributed by atoms with Crippen molar-refractivity contribution in [1.29, 1.82) is 0 Å². The molecule has 0 amide bonds. The number of nitro benzene ring substituents is 1. The topological polar surface area (TPSA) is 61.0 Å². The van der Waals surface area contributed by atoms with Gasteiger partial charge >= 0.3 is 0 Å². The molecule has 1 aliphatic rings. The lowest BCUT2D eigenvalue weighted by molar-refractivity contribution is -0.384. The zero-order chi connectivity index (χ0) is 15.7. The second-order valence-electron chi connectivity index (χ2n) is 5.84. The summed E-state index contributed by atoms with van der Waals surface area (Å²) < 4.78 is 1.86. The maximum absolute atomic E-state index is 11.3. The fourth-order valence-electron chi connectivity index (χ4n) is 3.20. The summed E-state index contributed by atoms with van der Waals surface area (Å²) in [7, 11) is 0. The van der Waals surface area contributed by atoms with Crippen LogP contribution in [0.15, 0.2) is 24.4 Å². The maximum atomic E-state index is 11.3. The molecule has 2 aromatic rings. The molecule has 0 radical (unpaired) electrons. The van der Waals surface area contributed by atoms with Crippen molar-refractivity contribution in [3.8, 4) is 5.69 Å². The third-order valence-corrected chi connectivity index (χ3v) is 4.45. The standard InChI is InChI=1S/C16H18ClN3O2/c1-11-10-19(16(18-11)12-5-3-2-4-6-12)15-9-13(17)7-8-14(15)20(21)22/h7-10,12H,2-6H2,1H3. The monoisotopic (exact) mass is 319 g/mol. The van der Waals surface area contributed by atoms with Crippen LogP contribution in [0.25, 0.3) is 5.69 Å². The lowest BCUT2D eigenvalue weighted by Gasteiger charge is -2.22. The van der Waals surface area contributed by atoms with Crippen LogP contribution in [0.4, 0.5) is 5.69 Å². The van der Waals surface area contributed by atoms with E-state index in [-0.39, 0.29) is 10.6 Å². The molecule has 5 nitrogen and oxygen atoms in total. The number of benzene rings is 1. The molecule has 0 atom stereocenters. The van der Waals surface area contributed by atoms with E-state index in [1.54, 1.807) is 12.1 Å². The minimum Gasteiger partial charge on any atom is -0.297 e. The zero-order valence-corrected chi connectivity index (χ0v) is 13.2. The summed E-state index contributed by atoms with van der Waals surface area (Å²) >= 11 is 6.06. The van der Waals surface area contributed by atoms with Gasteiger partial charge in [0, 0.05) is 23.2 Å². The Morgan fingerprint density at radius 2 is 2.05 bits per heavy atom. The number of rotatable bonds is 3. The van der Waals surface area contributed by atoms with Gasteiger partial charge in [0.1, 0.15) is 11.5 Å². The first kappa shape index (κ1) is 15.0. The number of imidazole rings is 1. The Balaban J connectivity index is 2.12. The molecular weight excluding hydrogens is 302 g/mol. The Morgan fingerprint density at radius 1 is 1.32 bits per heavy atom. The van der Waals surface area contributed by atoms with E-state index < -0.39 is 0 Å². The van der Waals surface area contributed by atoms with Gasteiger partial charge in [0.25, 0.3) is 5.69 Å². The normalized spacial score (nSPS) is 15.9. The molecule has 1 aromatic heterocycles. The Hall–Kier alpha value is -1.88. The van der Waals surface area contributed by atoms with Crippen molar-refractivity contribution >= 4 is 17.3 Å². The first-order valence-electron chi connectivity index (χ1n) is 7.56. The number of aryl methyl sites for hydroxylation is 1. The smallest absolute Gasteiger partial charge is 0.293 e. The van der Waals surface area contributed by atoms with Gasteiger partial charge in [0.2, 0.25) is 0 Å². The van der Waals surface area contributed by atoms with Crippen LogP contribution in [0.5, 0.6) is 0 Å². The molecule has 22 heavy (non-hydrogen) atoms. The van der Waals surface area contributed by atoms with Crippen molar-refractivity contribution in [1.82, 2.24) is 9.55 Å². The molecule has 1 saturated carbocycles. The summed E-state index contributed by atoms with van der Waals surface area (Å²) in [5.41, 5.74) is 1.42. The van der Waals surface area contributed by atoms with Gasteiger partial charge in [-0.2, -0.15) is 0 Å². The van der Waals surface area contributed by atoms with E-state index >= 15 is 0 Å². The third-order valence-electron chi connectivity index (χ3n) is 4.22. The number of nitro groups is 1. The van der Waals surface area contributed by atoms with Crippen LogP contribution >= 0.6 is 11.6 Å². The summed E-state index contributed by atoms with van der Waals surface area (Å²) in [4.78, 5) is 15.6. The molecule has 0 spiro atoms. The number of halogens is 1. The lowest BCUT2D eigenvalue weighted by Crippen LogP contribution is -2.12. The van der Waals surface area contributed by atoms with E-state index in [1.807, 2.05) is 17.7 Å². The zero-order valence-electron chi connectivity index (χ0n) is 12.5. The van der Waals surface area contributed by atoms with Crippen LogP contribution in [-0.4, -0.2) is 14.5 Å². The molecule has 1 aliphatic carbocycles. The first-order valence-corrected chi connectivity index (χ1v) is 7.94. The summed E-state index contributed by atoms with van der Waals surface area (Å²) in [6.07, 6.45) is 7.67. The summed E-state index contributed by atoms with van der Waals surface area (Å²) in [5, 5.41) is 11.8. The van der Waals surface area contributed by atoms with Gasteiger partial charge in [-0.05, 0) is 31.9 Å². The highest BCUT2D eigenvalue weighted by Gasteiger charge is 2.25. The average molecular weight is 320 g/mol. The van der Waals surface area contributed by atoms with Gasteiger partial charge < -0.3 is 0 Å². The van der Waals surface area contributed by atoms with Crippen molar-refractivity contribution in [3.05, 3.63) is 51.1 Å². The molecule has 6 heteroatoms. The van der Waals surface area contributed by atoms with Gasteiger partial charge in [-0.25, -0.2) is 4.98 Å². The van der Waals surface area contributed by atoms with E-state index in [0.717, 1.165) is 24.4 Å². The quantitative estimate of drug-likeness (QED) is 0.603. The largest absolute Gasteiger partial charge is 0.297 e. The molecule has 3 rings (SSSR count). The Kier molecular flexibility index (Phi) is 4.16. The minimum absolute atomic E-state index is 0.0545. The highest BCUT2D eigenvalue weighted by Crippen LogP contribution is 2.35. The molecule has 116 valence electrons. The first-order chi connectivity index (χ1) is 10.6. The van der Waals surface area contributed by atoms with Crippen molar-refractivity contribution < 1.29 is 4.92 Å². The van der Waals surface area contributed by atoms with E-state index in [2.05, 4.69) is 4.98 Å². The van der Waals surface area contributed by atoms with Crippen molar-refractivity contribution in [2.24, 2.45) is 0 Å². The summed E-state index contributed by atoms with van der Waals surface area (Å²) in [6, 6.07) is 4.65. The molecule has 0 N–H and O–H groups in total. The fourth-order valence-corrected chi connectivity index (χ4v) is 3.37. The maximum Gasteiger partial charge on any atom is 0.293 e. The Morgan fingerprint density at radius 3 is 2.73 bits per heavy atom. The molecule has 0 unspecified atom stereocenters. The molecule has 0 bridgehead atoms. The van der Waals surface area contributed by atoms with E-state index in [4.69, 9.17) is 11.6 Å². The summed E-state index contributed by atoms with van der Waals surface area (Å²) in [5.74, 6) is 1.28. The van der Waals surface area contributed by atoms with Gasteiger partial charge in [-0.1, -0.05) is 30.9 Å².